The Kier molecular flexibility index (Phi) is 3.77. The summed E-state index contributed by atoms with van der Waals surface area (Å²) in [7, 11) is 0. The van der Waals surface area contributed by atoms with Crippen molar-refractivity contribution in [3.05, 3.63) is 46.1 Å². The summed E-state index contributed by atoms with van der Waals surface area (Å²) in [5, 5.41) is 1.06. The number of nitrogens with two attached hydrogens (primary N) is 1. The maximum absolute atomic E-state index is 5.96. The molecule has 1 aromatic heterocycles. The average molecular weight is 270 g/mol. The summed E-state index contributed by atoms with van der Waals surface area (Å²) in [4.78, 5) is 0. The van der Waals surface area contributed by atoms with Crippen LogP contribution in [0.3, 0.4) is 0 Å². The first-order valence-electron chi connectivity index (χ1n) is 5.36. The van der Waals surface area contributed by atoms with Gasteiger partial charge in [0.15, 0.2) is 0 Å². The minimum absolute atomic E-state index is 0.0859. The molecule has 2 nitrogen and oxygen atoms in total. The van der Waals surface area contributed by atoms with Gasteiger partial charge in [0.25, 0.3) is 0 Å². The molecule has 0 aliphatic carbocycles. The molecule has 1 heterocycles. The Hall–Kier alpha value is -0.960. The van der Waals surface area contributed by atoms with Crippen LogP contribution in [0.4, 0.5) is 0 Å². The highest BCUT2D eigenvalue weighted by Gasteiger charge is 2.08. The summed E-state index contributed by atoms with van der Waals surface area (Å²) in [5.74, 6) is 1.65. The summed E-state index contributed by atoms with van der Waals surface area (Å²) in [6.45, 7) is 1.95. The summed E-state index contributed by atoms with van der Waals surface area (Å²) < 4.78 is 5.69. The fourth-order valence-electron chi connectivity index (χ4n) is 1.61. The number of benzene rings is 1. The lowest BCUT2D eigenvalue weighted by Gasteiger charge is -2.02. The first kappa shape index (κ1) is 12.5. The minimum Gasteiger partial charge on any atom is -0.461 e. The van der Waals surface area contributed by atoms with E-state index in [1.807, 2.05) is 25.1 Å². The molecule has 1 aromatic carbocycles. The Bertz CT molecular complexity index is 520. The van der Waals surface area contributed by atoms with Crippen molar-refractivity contribution in [3.63, 3.8) is 0 Å². The summed E-state index contributed by atoms with van der Waals surface area (Å²) in [6.07, 6.45) is 0.724. The lowest BCUT2D eigenvalue weighted by molar-refractivity contribution is 0.503. The van der Waals surface area contributed by atoms with Crippen molar-refractivity contribution in [2.24, 2.45) is 5.73 Å². The number of hydrogen-bond acceptors (Lipinski definition) is 2. The van der Waals surface area contributed by atoms with E-state index < -0.39 is 0 Å². The molecule has 0 bridgehead atoms. The molecule has 0 saturated carbocycles. The molecule has 0 amide bonds. The van der Waals surface area contributed by atoms with Gasteiger partial charge in [0, 0.05) is 18.0 Å². The van der Waals surface area contributed by atoms with Gasteiger partial charge in [-0.25, -0.2) is 0 Å². The van der Waals surface area contributed by atoms with Gasteiger partial charge in [0.2, 0.25) is 0 Å². The van der Waals surface area contributed by atoms with Crippen LogP contribution < -0.4 is 5.73 Å². The van der Waals surface area contributed by atoms with E-state index in [0.29, 0.717) is 10.0 Å². The van der Waals surface area contributed by atoms with Crippen molar-refractivity contribution in [1.82, 2.24) is 0 Å². The summed E-state index contributed by atoms with van der Waals surface area (Å²) >= 11 is 11.8. The van der Waals surface area contributed by atoms with Crippen molar-refractivity contribution in [3.8, 4) is 11.3 Å². The lowest BCUT2D eigenvalue weighted by Crippen LogP contribution is -2.17. The zero-order valence-electron chi connectivity index (χ0n) is 9.41. The van der Waals surface area contributed by atoms with E-state index in [2.05, 4.69) is 0 Å². The molecule has 1 unspecified atom stereocenters. The fourth-order valence-corrected chi connectivity index (χ4v) is 1.91. The predicted octanol–water partition coefficient (Wildman–Crippen LogP) is 4.14. The second kappa shape index (κ2) is 5.13. The number of hydrogen-bond donors (Lipinski definition) is 1. The van der Waals surface area contributed by atoms with Crippen LogP contribution in [0.1, 0.15) is 12.7 Å². The first-order chi connectivity index (χ1) is 8.06. The SMILES string of the molecule is CC(N)Cc1ccc(-c2ccc(Cl)c(Cl)c2)o1. The molecule has 0 aliphatic heterocycles. The second-order valence-electron chi connectivity index (χ2n) is 4.08. The van der Waals surface area contributed by atoms with Crippen molar-refractivity contribution in [2.45, 2.75) is 19.4 Å². The molecule has 17 heavy (non-hydrogen) atoms. The maximum Gasteiger partial charge on any atom is 0.134 e. The number of rotatable bonds is 3. The van der Waals surface area contributed by atoms with E-state index >= 15 is 0 Å². The number of furan rings is 1. The minimum atomic E-state index is 0.0859. The van der Waals surface area contributed by atoms with Crippen molar-refractivity contribution >= 4 is 23.2 Å². The standard InChI is InChI=1S/C13H13Cl2NO/c1-8(16)6-10-3-5-13(17-10)9-2-4-11(14)12(15)7-9/h2-5,7-8H,6,16H2,1H3. The van der Waals surface area contributed by atoms with Crippen LogP contribution in [0.2, 0.25) is 10.0 Å². The van der Waals surface area contributed by atoms with E-state index in [1.54, 1.807) is 12.1 Å². The van der Waals surface area contributed by atoms with Gasteiger partial charge in [-0.3, -0.25) is 0 Å². The zero-order chi connectivity index (χ0) is 12.4. The van der Waals surface area contributed by atoms with Crippen molar-refractivity contribution < 1.29 is 4.42 Å². The fraction of sp³-hybridized carbons (Fsp3) is 0.231. The largest absolute Gasteiger partial charge is 0.461 e. The van der Waals surface area contributed by atoms with Gasteiger partial charge in [-0.15, -0.1) is 0 Å². The van der Waals surface area contributed by atoms with Crippen LogP contribution >= 0.6 is 23.2 Å². The Morgan fingerprint density at radius 1 is 1.18 bits per heavy atom. The highest BCUT2D eigenvalue weighted by Crippen LogP contribution is 2.29. The highest BCUT2D eigenvalue weighted by atomic mass is 35.5. The molecular formula is C13H13Cl2NO. The molecule has 0 saturated heterocycles. The van der Waals surface area contributed by atoms with Crippen molar-refractivity contribution in [2.75, 3.05) is 0 Å². The predicted molar refractivity (Wildman–Crippen MR) is 71.5 cm³/mol. The van der Waals surface area contributed by atoms with Crippen LogP contribution in [0.25, 0.3) is 11.3 Å². The van der Waals surface area contributed by atoms with Gasteiger partial charge in [-0.05, 0) is 37.3 Å². The third-order valence-electron chi connectivity index (χ3n) is 2.39. The second-order valence-corrected chi connectivity index (χ2v) is 4.89. The summed E-state index contributed by atoms with van der Waals surface area (Å²) in [5.41, 5.74) is 6.63. The third-order valence-corrected chi connectivity index (χ3v) is 3.13. The molecule has 4 heteroatoms. The molecule has 1 atom stereocenters. The molecule has 0 spiro atoms. The van der Waals surface area contributed by atoms with Crippen LogP contribution in [0.5, 0.6) is 0 Å². The zero-order valence-corrected chi connectivity index (χ0v) is 10.9. The molecule has 0 fully saturated rings. The molecule has 90 valence electrons. The van der Waals surface area contributed by atoms with Crippen LogP contribution in [-0.4, -0.2) is 6.04 Å². The smallest absolute Gasteiger partial charge is 0.134 e. The topological polar surface area (TPSA) is 39.2 Å². The van der Waals surface area contributed by atoms with Gasteiger partial charge in [-0.1, -0.05) is 23.2 Å². The molecule has 2 rings (SSSR count). The van der Waals surface area contributed by atoms with E-state index in [9.17, 15) is 0 Å². The van der Waals surface area contributed by atoms with Crippen LogP contribution in [-0.2, 0) is 6.42 Å². The lowest BCUT2D eigenvalue weighted by atomic mass is 10.2. The average Bonchev–Trinajstić information content (AvgIpc) is 2.69. The van der Waals surface area contributed by atoms with E-state index in [4.69, 9.17) is 33.4 Å². The Balaban J connectivity index is 2.27. The first-order valence-corrected chi connectivity index (χ1v) is 6.11. The van der Waals surface area contributed by atoms with Gasteiger partial charge in [0.05, 0.1) is 10.0 Å². The Labute approximate surface area is 110 Å². The third kappa shape index (κ3) is 3.03. The molecule has 0 aliphatic rings. The molecule has 2 N–H and O–H groups in total. The van der Waals surface area contributed by atoms with Gasteiger partial charge in [0.1, 0.15) is 11.5 Å². The molecule has 0 radical (unpaired) electrons. The van der Waals surface area contributed by atoms with Gasteiger partial charge >= 0.3 is 0 Å². The van der Waals surface area contributed by atoms with Crippen molar-refractivity contribution in [1.29, 1.82) is 0 Å². The number of halogens is 2. The monoisotopic (exact) mass is 269 g/mol. The van der Waals surface area contributed by atoms with E-state index in [0.717, 1.165) is 23.5 Å². The Morgan fingerprint density at radius 3 is 2.59 bits per heavy atom. The van der Waals surface area contributed by atoms with E-state index in [-0.39, 0.29) is 6.04 Å². The molecular weight excluding hydrogens is 257 g/mol. The maximum atomic E-state index is 5.96. The molecule has 2 aromatic rings. The van der Waals surface area contributed by atoms with E-state index in [1.165, 1.54) is 0 Å². The summed E-state index contributed by atoms with van der Waals surface area (Å²) in [6, 6.07) is 9.36. The highest BCUT2D eigenvalue weighted by molar-refractivity contribution is 6.42. The van der Waals surface area contributed by atoms with Gasteiger partial charge in [-0.2, -0.15) is 0 Å². The Morgan fingerprint density at radius 2 is 1.94 bits per heavy atom. The quantitative estimate of drug-likeness (QED) is 0.910. The van der Waals surface area contributed by atoms with Crippen LogP contribution in [0.15, 0.2) is 34.7 Å². The van der Waals surface area contributed by atoms with Gasteiger partial charge < -0.3 is 10.2 Å². The van der Waals surface area contributed by atoms with Crippen LogP contribution in [0, 0.1) is 0 Å². The normalized spacial score (nSPS) is 12.7.